The first-order chi connectivity index (χ1) is 30.8. The van der Waals surface area contributed by atoms with Crippen molar-refractivity contribution in [2.24, 2.45) is 0 Å². The van der Waals surface area contributed by atoms with E-state index in [0.717, 1.165) is 52.4 Å². The molecule has 0 N–H and O–H groups in total. The second kappa shape index (κ2) is 16.6. The molecule has 0 amide bonds. The highest BCUT2D eigenvalue weighted by Crippen LogP contribution is 2.49. The van der Waals surface area contributed by atoms with Gasteiger partial charge in [0.25, 0.3) is 0 Å². The number of benzene rings is 4. The molecule has 2 atom stereocenters. The Bertz CT molecular complexity index is 3040. The molecule has 4 heterocycles. The number of hydrazine groups is 1. The Balaban J connectivity index is 1.18. The first-order valence-corrected chi connectivity index (χ1v) is 22.9. The molecule has 8 nitrogen and oxygen atoms in total. The molecular formula is C48H40ClF5N8S2. The summed E-state index contributed by atoms with van der Waals surface area (Å²) >= 11 is 9.66. The fraction of sp³-hybridized carbons (Fsp3) is 0.250. The lowest BCUT2D eigenvalue weighted by Gasteiger charge is -2.35. The maximum atomic E-state index is 16.6. The van der Waals surface area contributed by atoms with E-state index < -0.39 is 29.3 Å². The molecule has 326 valence electrons. The van der Waals surface area contributed by atoms with Crippen LogP contribution in [0.2, 0.25) is 5.02 Å². The van der Waals surface area contributed by atoms with Gasteiger partial charge in [0.1, 0.15) is 11.6 Å². The summed E-state index contributed by atoms with van der Waals surface area (Å²) in [4.78, 5) is 21.2. The number of fused-ring (bicyclic) bond motifs is 2. The molecule has 0 aliphatic heterocycles. The van der Waals surface area contributed by atoms with Crippen LogP contribution in [0, 0.1) is 32.4 Å². The summed E-state index contributed by atoms with van der Waals surface area (Å²) in [7, 11) is 0. The number of rotatable bonds is 9. The maximum absolute atomic E-state index is 16.6. The van der Waals surface area contributed by atoms with Crippen molar-refractivity contribution in [3.05, 3.63) is 175 Å². The first-order valence-electron chi connectivity index (χ1n) is 20.9. The Labute approximate surface area is 379 Å². The van der Waals surface area contributed by atoms with Gasteiger partial charge >= 0.3 is 6.18 Å². The van der Waals surface area contributed by atoms with Crippen LogP contribution in [-0.2, 0) is 19.0 Å². The highest BCUT2D eigenvalue weighted by atomic mass is 35.5. The Morgan fingerprint density at radius 2 is 1.20 bits per heavy atom. The van der Waals surface area contributed by atoms with Gasteiger partial charge < -0.3 is 9.13 Å². The Hall–Kier alpha value is -5.90. The van der Waals surface area contributed by atoms with Crippen molar-refractivity contribution < 1.29 is 22.0 Å². The fourth-order valence-corrected chi connectivity index (χ4v) is 11.6. The highest BCUT2D eigenvalue weighted by molar-refractivity contribution is 7.16. The molecule has 2 aliphatic rings. The monoisotopic (exact) mass is 922 g/mol. The zero-order valence-electron chi connectivity index (χ0n) is 34.9. The van der Waals surface area contributed by atoms with Crippen molar-refractivity contribution >= 4 is 55.9 Å². The number of nitrogens with zero attached hydrogens (tertiary/aromatic N) is 8. The molecule has 0 fully saturated rings. The molecule has 4 aromatic carbocycles. The smallest absolute Gasteiger partial charge is 0.303 e. The fourth-order valence-electron chi connectivity index (χ4n) is 8.94. The van der Waals surface area contributed by atoms with Crippen LogP contribution in [0.25, 0.3) is 11.4 Å². The third kappa shape index (κ3) is 7.77. The van der Waals surface area contributed by atoms with E-state index in [9.17, 15) is 13.2 Å². The van der Waals surface area contributed by atoms with Crippen molar-refractivity contribution in [3.8, 4) is 11.4 Å². The van der Waals surface area contributed by atoms with Crippen molar-refractivity contribution in [2.45, 2.75) is 77.3 Å². The van der Waals surface area contributed by atoms with E-state index in [1.165, 1.54) is 53.9 Å². The Kier molecular flexibility index (Phi) is 10.9. The van der Waals surface area contributed by atoms with Gasteiger partial charge in [-0.3, -0.25) is 0 Å². The van der Waals surface area contributed by atoms with Gasteiger partial charge in [-0.1, -0.05) is 64.6 Å². The van der Waals surface area contributed by atoms with E-state index in [-0.39, 0.29) is 22.9 Å². The summed E-state index contributed by atoms with van der Waals surface area (Å²) in [6.07, 6.45) is 6.52. The average Bonchev–Trinajstić information content (AvgIpc) is 4.09. The lowest BCUT2D eigenvalue weighted by Crippen LogP contribution is -2.36. The summed E-state index contributed by atoms with van der Waals surface area (Å²) in [5.41, 5.74) is 5.22. The number of thiazole rings is 2. The van der Waals surface area contributed by atoms with Crippen LogP contribution < -0.4 is 10.0 Å². The maximum Gasteiger partial charge on any atom is 0.416 e. The number of aromatic nitrogens is 6. The van der Waals surface area contributed by atoms with Gasteiger partial charge in [-0.25, -0.2) is 38.7 Å². The number of hydrogen-bond donors (Lipinski definition) is 0. The highest BCUT2D eigenvalue weighted by Gasteiger charge is 2.37. The quantitative estimate of drug-likeness (QED) is 0.106. The van der Waals surface area contributed by atoms with Crippen molar-refractivity contribution in [3.63, 3.8) is 0 Å². The molecule has 0 saturated heterocycles. The minimum absolute atomic E-state index is 0.0965. The van der Waals surface area contributed by atoms with E-state index in [0.29, 0.717) is 56.5 Å². The molecule has 64 heavy (non-hydrogen) atoms. The molecule has 0 saturated carbocycles. The molecule has 16 heteroatoms. The standard InChI is InChI=1S/C48H40ClF5N8S2/c1-27-14-15-30(20-36(27)48(52,53)54)33-9-6-12-42-44(33)57-46(63-42)61(31-16-18-40(38(50)21-31)59-23-28(2)55-25-59)62(32-17-19-41(39(51)22-32)60-24-29(3)56-26-60)47-58-45-35(10-7-13-43(45)64-47)34-8-4-5-11-37(34)49/h4-5,8,11,14-26,33,35H,6-7,9-10,12-13H2,1-3H3. The normalized spacial score (nSPS) is 16.1. The Morgan fingerprint density at radius 3 is 1.70 bits per heavy atom. The van der Waals surface area contributed by atoms with E-state index in [1.54, 1.807) is 74.5 Å². The minimum Gasteiger partial charge on any atom is -0.303 e. The largest absolute Gasteiger partial charge is 0.416 e. The molecular weight excluding hydrogens is 883 g/mol. The van der Waals surface area contributed by atoms with Gasteiger partial charge in [0.15, 0.2) is 0 Å². The number of aryl methyl sites for hydroxylation is 5. The van der Waals surface area contributed by atoms with Gasteiger partial charge in [0.2, 0.25) is 10.3 Å². The van der Waals surface area contributed by atoms with E-state index >= 15 is 8.78 Å². The molecule has 2 unspecified atom stereocenters. The third-order valence-electron chi connectivity index (χ3n) is 12.0. The SMILES string of the molecule is Cc1cn(-c2ccc(N(c3nc4c(s3)CCCC4c3ccc(C)c(C(F)(F)F)c3)N(c3ccc(-n4cnc(C)c4)c(F)c3)c3nc4c(s3)CCCC4c3ccccc3Cl)cc2F)cn1. The predicted octanol–water partition coefficient (Wildman–Crippen LogP) is 13.7. The summed E-state index contributed by atoms with van der Waals surface area (Å²) in [6.45, 7) is 5.11. The van der Waals surface area contributed by atoms with Crippen LogP contribution in [0.15, 0.2) is 104 Å². The number of alkyl halides is 3. The van der Waals surface area contributed by atoms with Gasteiger partial charge in [0.05, 0.1) is 63.7 Å². The second-order valence-corrected chi connectivity index (χ2v) is 18.9. The van der Waals surface area contributed by atoms with Crippen LogP contribution in [0.4, 0.5) is 43.6 Å². The summed E-state index contributed by atoms with van der Waals surface area (Å²) in [6, 6.07) is 22.0. The number of halogens is 6. The molecule has 10 rings (SSSR count). The number of hydrogen-bond acceptors (Lipinski definition) is 8. The van der Waals surface area contributed by atoms with Gasteiger partial charge in [-0.15, -0.1) is 0 Å². The molecule has 0 radical (unpaired) electrons. The molecule has 4 aromatic heterocycles. The van der Waals surface area contributed by atoms with Crippen LogP contribution in [0.5, 0.6) is 0 Å². The van der Waals surface area contributed by atoms with Crippen LogP contribution >= 0.6 is 34.3 Å². The third-order valence-corrected chi connectivity index (χ3v) is 14.6. The van der Waals surface area contributed by atoms with Gasteiger partial charge in [-0.2, -0.15) is 13.2 Å². The van der Waals surface area contributed by atoms with Gasteiger partial charge in [-0.05, 0) is 112 Å². The first kappa shape index (κ1) is 42.1. The van der Waals surface area contributed by atoms with E-state index in [2.05, 4.69) is 9.97 Å². The van der Waals surface area contributed by atoms with Crippen LogP contribution in [0.3, 0.4) is 0 Å². The van der Waals surface area contributed by atoms with Crippen molar-refractivity contribution in [1.82, 2.24) is 29.1 Å². The number of imidazole rings is 2. The second-order valence-electron chi connectivity index (χ2n) is 16.3. The van der Waals surface area contributed by atoms with Gasteiger partial charge in [0, 0.05) is 51.1 Å². The molecule has 8 aromatic rings. The molecule has 0 bridgehead atoms. The van der Waals surface area contributed by atoms with E-state index in [1.807, 2.05) is 38.1 Å². The van der Waals surface area contributed by atoms with E-state index in [4.69, 9.17) is 21.6 Å². The van der Waals surface area contributed by atoms with Crippen molar-refractivity contribution in [1.29, 1.82) is 0 Å². The topological polar surface area (TPSA) is 67.9 Å². The summed E-state index contributed by atoms with van der Waals surface area (Å²) < 4.78 is 79.2. The minimum atomic E-state index is -4.52. The summed E-state index contributed by atoms with van der Waals surface area (Å²) in [5.74, 6) is -1.60. The Morgan fingerprint density at radius 1 is 0.672 bits per heavy atom. The zero-order valence-corrected chi connectivity index (χ0v) is 37.3. The summed E-state index contributed by atoms with van der Waals surface area (Å²) in [5, 5.41) is 5.08. The zero-order chi connectivity index (χ0) is 44.4. The lowest BCUT2D eigenvalue weighted by molar-refractivity contribution is -0.138. The average molecular weight is 923 g/mol. The predicted molar refractivity (Wildman–Crippen MR) is 242 cm³/mol. The molecule has 2 aliphatic carbocycles. The number of anilines is 4. The van der Waals surface area contributed by atoms with Crippen LogP contribution in [0.1, 0.15) is 92.3 Å². The van der Waals surface area contributed by atoms with Crippen LogP contribution in [-0.4, -0.2) is 29.1 Å². The molecule has 0 spiro atoms. The van der Waals surface area contributed by atoms with Crippen molar-refractivity contribution in [2.75, 3.05) is 10.0 Å². The lowest BCUT2D eigenvalue weighted by atomic mass is 9.84.